The lowest BCUT2D eigenvalue weighted by Crippen LogP contribution is -2.16. The molecule has 2 unspecified atom stereocenters. The summed E-state index contributed by atoms with van der Waals surface area (Å²) in [6.07, 6.45) is 5.76. The lowest BCUT2D eigenvalue weighted by molar-refractivity contribution is -0.141. The van der Waals surface area contributed by atoms with Gasteiger partial charge < -0.3 is 4.74 Å². The first-order chi connectivity index (χ1) is 7.54. The quantitative estimate of drug-likeness (QED) is 0.544. The van der Waals surface area contributed by atoms with Crippen molar-refractivity contribution in [3.8, 4) is 0 Å². The standard InChI is InChI=1S/C13H20O3/c1-9(2)4-6-11-10(5-7-12(11)14)8-13(15)16-3/h4,6,9-11H,5,7-8H2,1-3H3/b6-4-. The maximum atomic E-state index is 11.7. The van der Waals surface area contributed by atoms with Crippen LogP contribution in [0.5, 0.6) is 0 Å². The molecule has 1 aliphatic carbocycles. The zero-order chi connectivity index (χ0) is 12.1. The summed E-state index contributed by atoms with van der Waals surface area (Å²) in [4.78, 5) is 22.9. The molecule has 1 rings (SSSR count). The van der Waals surface area contributed by atoms with E-state index in [1.54, 1.807) is 0 Å². The van der Waals surface area contributed by atoms with Crippen LogP contribution in [0.3, 0.4) is 0 Å². The number of methoxy groups -OCH3 is 1. The second kappa shape index (κ2) is 5.83. The zero-order valence-electron chi connectivity index (χ0n) is 10.2. The van der Waals surface area contributed by atoms with Gasteiger partial charge in [0.15, 0.2) is 0 Å². The van der Waals surface area contributed by atoms with Crippen molar-refractivity contribution in [2.75, 3.05) is 7.11 Å². The highest BCUT2D eigenvalue weighted by Crippen LogP contribution is 2.32. The summed E-state index contributed by atoms with van der Waals surface area (Å²) in [6, 6.07) is 0. The Labute approximate surface area is 96.9 Å². The van der Waals surface area contributed by atoms with E-state index < -0.39 is 0 Å². The molecule has 0 aromatic carbocycles. The Morgan fingerprint density at radius 1 is 1.56 bits per heavy atom. The lowest BCUT2D eigenvalue weighted by atomic mass is 9.91. The molecule has 3 nitrogen and oxygen atoms in total. The van der Waals surface area contributed by atoms with Crippen LogP contribution in [-0.2, 0) is 14.3 Å². The Bertz CT molecular complexity index is 292. The summed E-state index contributed by atoms with van der Waals surface area (Å²) in [5, 5.41) is 0. The van der Waals surface area contributed by atoms with Gasteiger partial charge >= 0.3 is 5.97 Å². The summed E-state index contributed by atoms with van der Waals surface area (Å²) < 4.78 is 4.65. The molecular weight excluding hydrogens is 204 g/mol. The third-order valence-electron chi connectivity index (χ3n) is 3.00. The number of carbonyl (C=O) groups excluding carboxylic acids is 2. The Morgan fingerprint density at radius 3 is 2.81 bits per heavy atom. The smallest absolute Gasteiger partial charge is 0.305 e. The van der Waals surface area contributed by atoms with E-state index in [1.807, 2.05) is 12.2 Å². The minimum absolute atomic E-state index is 0.0819. The molecule has 0 aliphatic heterocycles. The number of ether oxygens (including phenoxy) is 1. The fourth-order valence-electron chi connectivity index (χ4n) is 2.07. The van der Waals surface area contributed by atoms with Crippen molar-refractivity contribution in [1.82, 2.24) is 0 Å². The van der Waals surface area contributed by atoms with Crippen LogP contribution in [-0.4, -0.2) is 18.9 Å². The predicted molar refractivity (Wildman–Crippen MR) is 61.8 cm³/mol. The average molecular weight is 224 g/mol. The molecule has 90 valence electrons. The van der Waals surface area contributed by atoms with Crippen molar-refractivity contribution in [3.05, 3.63) is 12.2 Å². The molecule has 0 radical (unpaired) electrons. The minimum atomic E-state index is -0.220. The van der Waals surface area contributed by atoms with Crippen LogP contribution in [0.4, 0.5) is 0 Å². The fraction of sp³-hybridized carbons (Fsp3) is 0.692. The number of esters is 1. The molecule has 0 N–H and O–H groups in total. The van der Waals surface area contributed by atoms with E-state index in [9.17, 15) is 9.59 Å². The van der Waals surface area contributed by atoms with Crippen LogP contribution in [0, 0.1) is 17.8 Å². The van der Waals surface area contributed by atoms with Gasteiger partial charge in [0, 0.05) is 18.8 Å². The largest absolute Gasteiger partial charge is 0.469 e. The highest BCUT2D eigenvalue weighted by molar-refractivity contribution is 5.86. The predicted octanol–water partition coefficient (Wildman–Crippen LogP) is 2.36. The van der Waals surface area contributed by atoms with E-state index in [2.05, 4.69) is 18.6 Å². The monoisotopic (exact) mass is 224 g/mol. The van der Waals surface area contributed by atoms with E-state index in [4.69, 9.17) is 0 Å². The molecule has 0 heterocycles. The Morgan fingerprint density at radius 2 is 2.25 bits per heavy atom. The van der Waals surface area contributed by atoms with Crippen LogP contribution in [0.25, 0.3) is 0 Å². The fourth-order valence-corrected chi connectivity index (χ4v) is 2.07. The van der Waals surface area contributed by atoms with Crippen LogP contribution in [0.2, 0.25) is 0 Å². The molecule has 3 heteroatoms. The third kappa shape index (κ3) is 3.47. The minimum Gasteiger partial charge on any atom is -0.469 e. The Kier molecular flexibility index (Phi) is 4.71. The number of hydrogen-bond donors (Lipinski definition) is 0. The molecule has 1 saturated carbocycles. The lowest BCUT2D eigenvalue weighted by Gasteiger charge is -2.13. The van der Waals surface area contributed by atoms with E-state index in [0.29, 0.717) is 18.8 Å². The van der Waals surface area contributed by atoms with Crippen molar-refractivity contribution in [3.63, 3.8) is 0 Å². The van der Waals surface area contributed by atoms with Gasteiger partial charge in [-0.15, -0.1) is 0 Å². The van der Waals surface area contributed by atoms with Gasteiger partial charge in [0.25, 0.3) is 0 Å². The topological polar surface area (TPSA) is 43.4 Å². The van der Waals surface area contributed by atoms with Crippen LogP contribution in [0.1, 0.15) is 33.1 Å². The van der Waals surface area contributed by atoms with Crippen LogP contribution in [0.15, 0.2) is 12.2 Å². The summed E-state index contributed by atoms with van der Waals surface area (Å²) >= 11 is 0. The molecule has 0 amide bonds. The zero-order valence-corrected chi connectivity index (χ0v) is 10.2. The molecule has 2 atom stereocenters. The maximum absolute atomic E-state index is 11.7. The van der Waals surface area contributed by atoms with Crippen molar-refractivity contribution in [2.24, 2.45) is 17.8 Å². The molecule has 0 saturated heterocycles. The maximum Gasteiger partial charge on any atom is 0.305 e. The summed E-state index contributed by atoms with van der Waals surface area (Å²) in [7, 11) is 1.39. The first-order valence-corrected chi connectivity index (χ1v) is 5.82. The van der Waals surface area contributed by atoms with E-state index in [-0.39, 0.29) is 23.6 Å². The van der Waals surface area contributed by atoms with Crippen molar-refractivity contribution in [2.45, 2.75) is 33.1 Å². The first-order valence-electron chi connectivity index (χ1n) is 5.82. The Hall–Kier alpha value is -1.12. The van der Waals surface area contributed by atoms with Crippen LogP contribution >= 0.6 is 0 Å². The molecule has 1 fully saturated rings. The third-order valence-corrected chi connectivity index (χ3v) is 3.00. The second-order valence-corrected chi connectivity index (χ2v) is 4.70. The number of Topliss-reactive ketones (excluding diaryl/α,β-unsaturated/α-hetero) is 1. The molecular formula is C13H20O3. The average Bonchev–Trinajstić information content (AvgIpc) is 2.56. The van der Waals surface area contributed by atoms with Crippen molar-refractivity contribution >= 4 is 11.8 Å². The van der Waals surface area contributed by atoms with Crippen molar-refractivity contribution < 1.29 is 14.3 Å². The van der Waals surface area contributed by atoms with E-state index >= 15 is 0 Å². The van der Waals surface area contributed by atoms with E-state index in [1.165, 1.54) is 7.11 Å². The van der Waals surface area contributed by atoms with Gasteiger partial charge in [0.2, 0.25) is 0 Å². The summed E-state index contributed by atoms with van der Waals surface area (Å²) in [5.74, 6) is 0.525. The van der Waals surface area contributed by atoms with Gasteiger partial charge in [-0.05, 0) is 18.3 Å². The van der Waals surface area contributed by atoms with Crippen LogP contribution < -0.4 is 0 Å². The first kappa shape index (κ1) is 12.9. The number of hydrogen-bond acceptors (Lipinski definition) is 3. The van der Waals surface area contributed by atoms with Gasteiger partial charge in [-0.2, -0.15) is 0 Å². The Balaban J connectivity index is 2.62. The molecule has 1 aliphatic rings. The number of carbonyl (C=O) groups is 2. The normalized spacial score (nSPS) is 25.6. The van der Waals surface area contributed by atoms with Gasteiger partial charge in [0.05, 0.1) is 7.11 Å². The SMILES string of the molecule is COC(=O)CC1CCC(=O)C1/C=C\C(C)C. The van der Waals surface area contributed by atoms with Gasteiger partial charge in [0.1, 0.15) is 5.78 Å². The summed E-state index contributed by atoms with van der Waals surface area (Å²) in [5.41, 5.74) is 0. The molecule has 0 aromatic heterocycles. The van der Waals surface area contributed by atoms with Gasteiger partial charge in [-0.3, -0.25) is 9.59 Å². The van der Waals surface area contributed by atoms with Crippen molar-refractivity contribution in [1.29, 1.82) is 0 Å². The molecule has 0 aromatic rings. The summed E-state index contributed by atoms with van der Waals surface area (Å²) in [6.45, 7) is 4.15. The van der Waals surface area contributed by atoms with E-state index in [0.717, 1.165) is 6.42 Å². The second-order valence-electron chi connectivity index (χ2n) is 4.70. The molecule has 0 bridgehead atoms. The van der Waals surface area contributed by atoms with Gasteiger partial charge in [-0.25, -0.2) is 0 Å². The number of allylic oxidation sites excluding steroid dienone is 2. The molecule has 0 spiro atoms. The highest BCUT2D eigenvalue weighted by atomic mass is 16.5. The number of rotatable bonds is 4. The molecule has 16 heavy (non-hydrogen) atoms. The van der Waals surface area contributed by atoms with Gasteiger partial charge in [-0.1, -0.05) is 26.0 Å². The highest BCUT2D eigenvalue weighted by Gasteiger charge is 2.34. The number of ketones is 1.